The van der Waals surface area contributed by atoms with Crippen molar-refractivity contribution < 1.29 is 4.74 Å². The van der Waals surface area contributed by atoms with Gasteiger partial charge in [0.25, 0.3) is 0 Å². The summed E-state index contributed by atoms with van der Waals surface area (Å²) < 4.78 is 5.91. The fourth-order valence-electron chi connectivity index (χ4n) is 3.64. The highest BCUT2D eigenvalue weighted by Gasteiger charge is 2.28. The summed E-state index contributed by atoms with van der Waals surface area (Å²) in [6.45, 7) is 10.2. The van der Waals surface area contributed by atoms with Crippen LogP contribution in [0.25, 0.3) is 0 Å². The molecule has 0 bridgehead atoms. The third-order valence-corrected chi connectivity index (χ3v) is 5.21. The van der Waals surface area contributed by atoms with Crippen LogP contribution in [-0.2, 0) is 0 Å². The molecule has 0 heterocycles. The van der Waals surface area contributed by atoms with Gasteiger partial charge in [0.05, 0.1) is 6.61 Å². The van der Waals surface area contributed by atoms with E-state index >= 15 is 0 Å². The average molecular weight is 289 g/mol. The van der Waals surface area contributed by atoms with Crippen molar-refractivity contribution in [3.63, 3.8) is 0 Å². The summed E-state index contributed by atoms with van der Waals surface area (Å²) >= 11 is 0. The van der Waals surface area contributed by atoms with Crippen molar-refractivity contribution in [2.24, 2.45) is 17.6 Å². The lowest BCUT2D eigenvalue weighted by atomic mass is 9.73. The Morgan fingerprint density at radius 2 is 1.76 bits per heavy atom. The first-order valence-corrected chi connectivity index (χ1v) is 8.50. The summed E-state index contributed by atoms with van der Waals surface area (Å²) in [7, 11) is 0. The monoisotopic (exact) mass is 289 g/mol. The van der Waals surface area contributed by atoms with E-state index in [4.69, 9.17) is 10.5 Å². The molecular weight excluding hydrogens is 258 g/mol. The summed E-state index contributed by atoms with van der Waals surface area (Å²) in [5.41, 5.74) is 10.1. The molecule has 0 aliphatic heterocycles. The molecular formula is C19H31NO. The zero-order valence-electron chi connectivity index (χ0n) is 14.1. The second-order valence-corrected chi connectivity index (χ2v) is 6.77. The van der Waals surface area contributed by atoms with Gasteiger partial charge in [-0.1, -0.05) is 25.8 Å². The minimum Gasteiger partial charge on any atom is -0.494 e. The molecule has 0 amide bonds. The highest BCUT2D eigenvalue weighted by Crippen LogP contribution is 2.41. The average Bonchev–Trinajstić information content (AvgIpc) is 2.47. The van der Waals surface area contributed by atoms with Crippen molar-refractivity contribution in [2.75, 3.05) is 13.2 Å². The first kappa shape index (κ1) is 16.4. The Labute approximate surface area is 130 Å². The van der Waals surface area contributed by atoms with E-state index in [2.05, 4.69) is 39.8 Å². The van der Waals surface area contributed by atoms with E-state index < -0.39 is 0 Å². The van der Waals surface area contributed by atoms with Gasteiger partial charge in [0.2, 0.25) is 0 Å². The van der Waals surface area contributed by atoms with Crippen LogP contribution in [0.3, 0.4) is 0 Å². The largest absolute Gasteiger partial charge is 0.494 e. The van der Waals surface area contributed by atoms with Crippen LogP contribution >= 0.6 is 0 Å². The van der Waals surface area contributed by atoms with Crippen molar-refractivity contribution >= 4 is 0 Å². The number of hydrogen-bond donors (Lipinski definition) is 1. The molecule has 21 heavy (non-hydrogen) atoms. The zero-order chi connectivity index (χ0) is 15.4. The third-order valence-electron chi connectivity index (χ3n) is 5.21. The smallest absolute Gasteiger partial charge is 0.123 e. The second kappa shape index (κ2) is 7.31. The molecule has 2 heteroatoms. The Morgan fingerprint density at radius 1 is 1.14 bits per heavy atom. The Balaban J connectivity index is 2.30. The van der Waals surface area contributed by atoms with Gasteiger partial charge < -0.3 is 10.5 Å². The quantitative estimate of drug-likeness (QED) is 0.861. The first-order valence-electron chi connectivity index (χ1n) is 8.50. The lowest BCUT2D eigenvalue weighted by Gasteiger charge is -2.33. The molecule has 1 saturated carbocycles. The molecule has 1 aromatic rings. The van der Waals surface area contributed by atoms with E-state index in [1.807, 2.05) is 0 Å². The number of hydrogen-bond acceptors (Lipinski definition) is 2. The van der Waals surface area contributed by atoms with Crippen LogP contribution in [0.15, 0.2) is 12.1 Å². The van der Waals surface area contributed by atoms with Crippen LogP contribution in [0.2, 0.25) is 0 Å². The number of nitrogens with two attached hydrogens (primary N) is 1. The molecule has 0 radical (unpaired) electrons. The number of aryl methyl sites for hydroxylation is 2. The predicted molar refractivity (Wildman–Crippen MR) is 90.0 cm³/mol. The molecule has 0 saturated heterocycles. The van der Waals surface area contributed by atoms with Crippen molar-refractivity contribution in [3.8, 4) is 5.75 Å². The molecule has 1 aromatic carbocycles. The lowest BCUT2D eigenvalue weighted by Crippen LogP contribution is -2.26. The molecule has 1 fully saturated rings. The number of ether oxygens (including phenoxy) is 1. The predicted octanol–water partition coefficient (Wildman–Crippen LogP) is 4.57. The SMILES string of the molecule is CCOc1cc(C)c(C)cc1C(CN)C1CCC(C)CC1. The topological polar surface area (TPSA) is 35.2 Å². The molecule has 2 nitrogen and oxygen atoms in total. The molecule has 0 aromatic heterocycles. The van der Waals surface area contributed by atoms with Gasteiger partial charge in [-0.3, -0.25) is 0 Å². The fourth-order valence-corrected chi connectivity index (χ4v) is 3.64. The van der Waals surface area contributed by atoms with Gasteiger partial charge in [-0.15, -0.1) is 0 Å². The highest BCUT2D eigenvalue weighted by atomic mass is 16.5. The standard InChI is InChI=1S/C19H31NO/c1-5-21-19-11-15(4)14(3)10-17(19)18(12-20)16-8-6-13(2)7-9-16/h10-11,13,16,18H,5-9,12,20H2,1-4H3. The van der Waals surface area contributed by atoms with Crippen molar-refractivity contribution in [3.05, 3.63) is 28.8 Å². The Bertz CT molecular complexity index is 461. The van der Waals surface area contributed by atoms with Gasteiger partial charge >= 0.3 is 0 Å². The van der Waals surface area contributed by atoms with Gasteiger partial charge in [-0.05, 0) is 74.8 Å². The van der Waals surface area contributed by atoms with Crippen molar-refractivity contribution in [1.82, 2.24) is 0 Å². The maximum absolute atomic E-state index is 6.17. The molecule has 1 aliphatic carbocycles. The van der Waals surface area contributed by atoms with Crippen molar-refractivity contribution in [2.45, 2.75) is 59.3 Å². The molecule has 2 rings (SSSR count). The Kier molecular flexibility index (Phi) is 5.69. The molecule has 1 atom stereocenters. The Morgan fingerprint density at radius 3 is 2.33 bits per heavy atom. The molecule has 0 spiro atoms. The van der Waals surface area contributed by atoms with Crippen LogP contribution < -0.4 is 10.5 Å². The van der Waals surface area contributed by atoms with E-state index in [0.29, 0.717) is 18.4 Å². The zero-order valence-corrected chi connectivity index (χ0v) is 14.1. The van der Waals surface area contributed by atoms with E-state index in [0.717, 1.165) is 18.2 Å². The highest BCUT2D eigenvalue weighted by molar-refractivity contribution is 5.44. The molecule has 118 valence electrons. The maximum Gasteiger partial charge on any atom is 0.123 e. The van der Waals surface area contributed by atoms with Crippen LogP contribution in [0.4, 0.5) is 0 Å². The Hall–Kier alpha value is -1.02. The van der Waals surface area contributed by atoms with Crippen LogP contribution in [-0.4, -0.2) is 13.2 Å². The molecule has 2 N–H and O–H groups in total. The molecule has 1 unspecified atom stereocenters. The van der Waals surface area contributed by atoms with Gasteiger partial charge in [-0.2, -0.15) is 0 Å². The molecule has 1 aliphatic rings. The maximum atomic E-state index is 6.17. The minimum atomic E-state index is 0.443. The lowest BCUT2D eigenvalue weighted by molar-refractivity contribution is 0.250. The number of benzene rings is 1. The van der Waals surface area contributed by atoms with E-state index in [1.165, 1.54) is 42.4 Å². The van der Waals surface area contributed by atoms with Crippen LogP contribution in [0, 0.1) is 25.7 Å². The van der Waals surface area contributed by atoms with E-state index in [-0.39, 0.29) is 0 Å². The summed E-state index contributed by atoms with van der Waals surface area (Å²) in [5, 5.41) is 0. The van der Waals surface area contributed by atoms with Gasteiger partial charge in [0, 0.05) is 5.92 Å². The minimum absolute atomic E-state index is 0.443. The normalized spacial score (nSPS) is 23.9. The van der Waals surface area contributed by atoms with Crippen LogP contribution in [0.5, 0.6) is 5.75 Å². The van der Waals surface area contributed by atoms with E-state index in [1.54, 1.807) is 0 Å². The van der Waals surface area contributed by atoms with Gasteiger partial charge in [0.15, 0.2) is 0 Å². The van der Waals surface area contributed by atoms with Gasteiger partial charge in [-0.25, -0.2) is 0 Å². The summed E-state index contributed by atoms with van der Waals surface area (Å²) in [4.78, 5) is 0. The van der Waals surface area contributed by atoms with Crippen molar-refractivity contribution in [1.29, 1.82) is 0 Å². The van der Waals surface area contributed by atoms with E-state index in [9.17, 15) is 0 Å². The third kappa shape index (κ3) is 3.79. The van der Waals surface area contributed by atoms with Crippen LogP contribution in [0.1, 0.15) is 62.1 Å². The summed E-state index contributed by atoms with van der Waals surface area (Å²) in [6, 6.07) is 4.51. The second-order valence-electron chi connectivity index (χ2n) is 6.77. The summed E-state index contributed by atoms with van der Waals surface area (Å²) in [5.74, 6) is 3.09. The first-order chi connectivity index (χ1) is 10.1. The number of rotatable bonds is 5. The summed E-state index contributed by atoms with van der Waals surface area (Å²) in [6.07, 6.45) is 5.30. The van der Waals surface area contributed by atoms with Gasteiger partial charge in [0.1, 0.15) is 5.75 Å². The fraction of sp³-hybridized carbons (Fsp3) is 0.684.